The Balaban J connectivity index is 0.00000363. The molecule has 176 valence electrons. The van der Waals surface area contributed by atoms with Crippen molar-refractivity contribution in [1.29, 1.82) is 0 Å². The molecule has 9 heteroatoms. The first kappa shape index (κ1) is 26.0. The quantitative estimate of drug-likeness (QED) is 0.546. The molecule has 2 atom stereocenters. The van der Waals surface area contributed by atoms with Crippen LogP contribution in [0.25, 0.3) is 0 Å². The third-order valence-electron chi connectivity index (χ3n) is 5.37. The minimum Gasteiger partial charge on any atom is -0.482 e. The van der Waals surface area contributed by atoms with Crippen molar-refractivity contribution < 1.29 is 32.2 Å². The average Bonchev–Trinajstić information content (AvgIpc) is 2.78. The predicted molar refractivity (Wildman–Crippen MR) is 116 cm³/mol. The van der Waals surface area contributed by atoms with E-state index in [4.69, 9.17) is 9.47 Å². The van der Waals surface area contributed by atoms with E-state index in [1.165, 1.54) is 19.2 Å². The third kappa shape index (κ3) is 6.85. The van der Waals surface area contributed by atoms with E-state index < -0.39 is 23.8 Å². The lowest BCUT2D eigenvalue weighted by Gasteiger charge is -2.37. The maximum Gasteiger partial charge on any atom is 0.416 e. The normalized spacial score (nSPS) is 17.8. The van der Waals surface area contributed by atoms with Gasteiger partial charge < -0.3 is 14.2 Å². The van der Waals surface area contributed by atoms with Gasteiger partial charge in [-0.2, -0.15) is 13.2 Å². The third-order valence-corrected chi connectivity index (χ3v) is 5.37. The number of ether oxygens (including phenoxy) is 3. The van der Waals surface area contributed by atoms with E-state index >= 15 is 0 Å². The molecule has 1 saturated heterocycles. The van der Waals surface area contributed by atoms with Crippen LogP contribution in [0.4, 0.5) is 13.2 Å². The number of alkyl halides is 3. The molecule has 5 nitrogen and oxygen atoms in total. The fraction of sp³-hybridized carbons (Fsp3) is 0.435. The molecule has 2 aromatic carbocycles. The van der Waals surface area contributed by atoms with Crippen LogP contribution in [0.2, 0.25) is 0 Å². The highest BCUT2D eigenvalue weighted by Gasteiger charge is 2.36. The lowest BCUT2D eigenvalue weighted by atomic mass is 9.99. The van der Waals surface area contributed by atoms with Gasteiger partial charge in [-0.15, -0.1) is 12.4 Å². The number of benzene rings is 2. The van der Waals surface area contributed by atoms with Gasteiger partial charge in [0.2, 0.25) is 0 Å². The van der Waals surface area contributed by atoms with Gasteiger partial charge in [0.15, 0.2) is 6.61 Å². The minimum atomic E-state index is -4.41. The second-order valence-electron chi connectivity index (χ2n) is 7.50. The summed E-state index contributed by atoms with van der Waals surface area (Å²) in [6, 6.07) is 13.1. The molecule has 3 rings (SSSR count). The molecule has 1 heterocycles. The van der Waals surface area contributed by atoms with Gasteiger partial charge in [-0.1, -0.05) is 30.3 Å². The molecule has 0 radical (unpaired) electrons. The summed E-state index contributed by atoms with van der Waals surface area (Å²) in [5.41, 5.74) is 0.604. The zero-order valence-electron chi connectivity index (χ0n) is 17.9. The first-order valence-corrected chi connectivity index (χ1v) is 10.1. The van der Waals surface area contributed by atoms with E-state index in [0.717, 1.165) is 18.1 Å². The van der Waals surface area contributed by atoms with E-state index in [2.05, 4.69) is 16.6 Å². The minimum absolute atomic E-state index is 0. The molecule has 1 aliphatic rings. The van der Waals surface area contributed by atoms with Crippen molar-refractivity contribution in [2.75, 3.05) is 33.4 Å². The van der Waals surface area contributed by atoms with Crippen molar-refractivity contribution in [3.63, 3.8) is 0 Å². The van der Waals surface area contributed by atoms with Crippen molar-refractivity contribution >= 4 is 18.4 Å². The van der Waals surface area contributed by atoms with Gasteiger partial charge in [0, 0.05) is 19.1 Å². The Morgan fingerprint density at radius 3 is 2.53 bits per heavy atom. The van der Waals surface area contributed by atoms with Crippen LogP contribution in [-0.4, -0.2) is 50.3 Å². The molecular formula is C23H27ClF3NO4. The largest absolute Gasteiger partial charge is 0.482 e. The number of halogens is 4. The van der Waals surface area contributed by atoms with Crippen molar-refractivity contribution in [3.05, 3.63) is 65.2 Å². The Labute approximate surface area is 191 Å². The smallest absolute Gasteiger partial charge is 0.416 e. The first-order valence-electron chi connectivity index (χ1n) is 10.1. The van der Waals surface area contributed by atoms with Crippen molar-refractivity contribution in [2.24, 2.45) is 0 Å². The maximum absolute atomic E-state index is 13.4. The highest BCUT2D eigenvalue weighted by atomic mass is 35.5. The molecule has 2 unspecified atom stereocenters. The summed E-state index contributed by atoms with van der Waals surface area (Å²) in [7, 11) is 1.30. The number of hydrogen-bond donors (Lipinski definition) is 0. The number of esters is 1. The van der Waals surface area contributed by atoms with Crippen LogP contribution in [0.3, 0.4) is 0 Å². The molecule has 0 spiro atoms. The molecule has 0 N–H and O–H groups in total. The van der Waals surface area contributed by atoms with Crippen LogP contribution < -0.4 is 4.74 Å². The molecular weight excluding hydrogens is 447 g/mol. The second kappa shape index (κ2) is 11.5. The second-order valence-corrected chi connectivity index (χ2v) is 7.50. The highest BCUT2D eigenvalue weighted by molar-refractivity contribution is 5.85. The van der Waals surface area contributed by atoms with Gasteiger partial charge in [0.1, 0.15) is 5.75 Å². The van der Waals surface area contributed by atoms with Gasteiger partial charge in [-0.25, -0.2) is 4.79 Å². The Morgan fingerprint density at radius 1 is 1.19 bits per heavy atom. The number of morpholine rings is 1. The van der Waals surface area contributed by atoms with E-state index in [0.29, 0.717) is 25.4 Å². The number of methoxy groups -OCH3 is 1. The Kier molecular flexibility index (Phi) is 9.36. The van der Waals surface area contributed by atoms with Gasteiger partial charge in [0.25, 0.3) is 0 Å². The summed E-state index contributed by atoms with van der Waals surface area (Å²) in [4.78, 5) is 13.3. The summed E-state index contributed by atoms with van der Waals surface area (Å²) in [6.45, 7) is 3.34. The average molecular weight is 474 g/mol. The number of rotatable bonds is 7. The number of nitrogens with zero attached hydrogens (tertiary/aromatic N) is 1. The summed E-state index contributed by atoms with van der Waals surface area (Å²) >= 11 is 0. The van der Waals surface area contributed by atoms with Crippen LogP contribution in [0, 0.1) is 0 Å². The molecule has 1 aliphatic heterocycles. The molecule has 0 aliphatic carbocycles. The number of carbonyl (C=O) groups excluding carboxylic acids is 1. The Bertz CT molecular complexity index is 876. The fourth-order valence-corrected chi connectivity index (χ4v) is 3.69. The molecule has 0 bridgehead atoms. The van der Waals surface area contributed by atoms with Crippen LogP contribution in [0.5, 0.6) is 5.75 Å². The molecule has 0 saturated carbocycles. The summed E-state index contributed by atoms with van der Waals surface area (Å²) in [5, 5.41) is 0. The summed E-state index contributed by atoms with van der Waals surface area (Å²) in [6.07, 6.45) is -4.31. The van der Waals surface area contributed by atoms with Crippen LogP contribution >= 0.6 is 12.4 Å². The van der Waals surface area contributed by atoms with Gasteiger partial charge in [-0.05, 0) is 42.7 Å². The zero-order chi connectivity index (χ0) is 22.4. The van der Waals surface area contributed by atoms with E-state index in [9.17, 15) is 18.0 Å². The standard InChI is InChI=1S/C23H26F3NO4.ClH/c1-16(13-17-7-9-18(10-8-17)31-15-22(28)29-2)27-11-12-30-21(14-27)19-5-3-4-6-20(19)23(24,25)26;/h3-10,16,21H,11-15H2,1-2H3;1H. The maximum atomic E-state index is 13.4. The SMILES string of the molecule is COC(=O)COc1ccc(CC(C)N2CCOC(c3ccccc3C(F)(F)F)C2)cc1.Cl. The first-order chi connectivity index (χ1) is 14.8. The van der Waals surface area contributed by atoms with E-state index in [1.54, 1.807) is 18.2 Å². The van der Waals surface area contributed by atoms with Gasteiger partial charge >= 0.3 is 12.1 Å². The van der Waals surface area contributed by atoms with E-state index in [1.807, 2.05) is 12.1 Å². The molecule has 0 amide bonds. The Morgan fingerprint density at radius 2 is 1.88 bits per heavy atom. The van der Waals surface area contributed by atoms with E-state index in [-0.39, 0.29) is 30.6 Å². The topological polar surface area (TPSA) is 48.0 Å². The van der Waals surface area contributed by atoms with Crippen LogP contribution in [0.1, 0.15) is 29.7 Å². The Hall–Kier alpha value is -2.29. The van der Waals surface area contributed by atoms with Crippen molar-refractivity contribution in [3.8, 4) is 5.75 Å². The molecule has 2 aromatic rings. The highest BCUT2D eigenvalue weighted by Crippen LogP contribution is 2.36. The number of carbonyl (C=O) groups is 1. The zero-order valence-corrected chi connectivity index (χ0v) is 18.7. The molecule has 1 fully saturated rings. The van der Waals surface area contributed by atoms with Crippen LogP contribution in [-0.2, 0) is 26.9 Å². The fourth-order valence-electron chi connectivity index (χ4n) is 3.69. The lowest BCUT2D eigenvalue weighted by molar-refractivity contribution is -0.143. The van der Waals surface area contributed by atoms with Gasteiger partial charge in [-0.3, -0.25) is 4.90 Å². The number of hydrogen-bond acceptors (Lipinski definition) is 5. The van der Waals surface area contributed by atoms with Crippen LogP contribution in [0.15, 0.2) is 48.5 Å². The van der Waals surface area contributed by atoms with Gasteiger partial charge in [0.05, 0.1) is 25.4 Å². The molecule has 0 aromatic heterocycles. The monoisotopic (exact) mass is 473 g/mol. The predicted octanol–water partition coefficient (Wildman–Crippen LogP) is 4.68. The molecule has 32 heavy (non-hydrogen) atoms. The summed E-state index contributed by atoms with van der Waals surface area (Å²) in [5.74, 6) is 0.115. The lowest BCUT2D eigenvalue weighted by Crippen LogP contribution is -2.44. The van der Waals surface area contributed by atoms with Crippen molar-refractivity contribution in [2.45, 2.75) is 31.7 Å². The van der Waals surface area contributed by atoms with Crippen molar-refractivity contribution in [1.82, 2.24) is 4.90 Å². The summed E-state index contributed by atoms with van der Waals surface area (Å²) < 4.78 is 55.8.